The molecule has 8 heteroatoms. The van der Waals surface area contributed by atoms with Crippen LogP contribution in [0.2, 0.25) is 0 Å². The Morgan fingerprint density at radius 3 is 2.30 bits per heavy atom. The minimum atomic E-state index is -0.0835. The number of likely N-dealkylation sites (tertiary alicyclic amines) is 1. The SMILES string of the molecule is O=C(c1cnn(-c2ccccc2)n1)N1CCC(c2nnc(C3CC3)o2)CC1. The summed E-state index contributed by atoms with van der Waals surface area (Å²) in [4.78, 5) is 16.1. The van der Waals surface area contributed by atoms with Crippen LogP contribution in [0.4, 0.5) is 0 Å². The van der Waals surface area contributed by atoms with E-state index in [-0.39, 0.29) is 11.8 Å². The number of para-hydroxylation sites is 1. The zero-order valence-corrected chi connectivity index (χ0v) is 14.9. The Morgan fingerprint density at radius 2 is 1.63 bits per heavy atom. The fourth-order valence-electron chi connectivity index (χ4n) is 3.45. The first-order valence-corrected chi connectivity index (χ1v) is 9.38. The third-order valence-electron chi connectivity index (χ3n) is 5.21. The van der Waals surface area contributed by atoms with Crippen LogP contribution >= 0.6 is 0 Å². The van der Waals surface area contributed by atoms with Crippen molar-refractivity contribution in [3.05, 3.63) is 54.0 Å². The van der Waals surface area contributed by atoms with Gasteiger partial charge in [-0.2, -0.15) is 9.90 Å². The van der Waals surface area contributed by atoms with Crippen LogP contribution in [0.1, 0.15) is 59.8 Å². The molecule has 0 radical (unpaired) electrons. The van der Waals surface area contributed by atoms with Gasteiger partial charge in [-0.15, -0.1) is 15.3 Å². The van der Waals surface area contributed by atoms with Gasteiger partial charge in [-0.3, -0.25) is 4.79 Å². The van der Waals surface area contributed by atoms with E-state index in [1.807, 2.05) is 35.2 Å². The molecule has 2 aliphatic rings. The van der Waals surface area contributed by atoms with Crippen molar-refractivity contribution in [2.24, 2.45) is 0 Å². The molecule has 1 aliphatic carbocycles. The quantitative estimate of drug-likeness (QED) is 0.707. The Hall–Kier alpha value is -3.03. The maximum absolute atomic E-state index is 12.7. The summed E-state index contributed by atoms with van der Waals surface area (Å²) < 4.78 is 5.83. The van der Waals surface area contributed by atoms with Crippen LogP contribution in [0.5, 0.6) is 0 Å². The number of aromatic nitrogens is 5. The molecule has 3 heterocycles. The average Bonchev–Trinajstić information content (AvgIpc) is 3.26. The smallest absolute Gasteiger partial charge is 0.276 e. The number of piperidine rings is 1. The van der Waals surface area contributed by atoms with Gasteiger partial charge in [0, 0.05) is 24.9 Å². The lowest BCUT2D eigenvalue weighted by molar-refractivity contribution is 0.0699. The summed E-state index contributed by atoms with van der Waals surface area (Å²) in [6.45, 7) is 1.31. The second-order valence-electron chi connectivity index (χ2n) is 7.17. The number of carbonyl (C=O) groups is 1. The van der Waals surface area contributed by atoms with Crippen molar-refractivity contribution in [3.63, 3.8) is 0 Å². The number of carbonyl (C=O) groups excluding carboxylic acids is 1. The van der Waals surface area contributed by atoms with E-state index in [1.54, 1.807) is 0 Å². The zero-order chi connectivity index (χ0) is 18.2. The average molecular weight is 364 g/mol. The molecular formula is C19H20N6O2. The first-order chi connectivity index (χ1) is 13.3. The Morgan fingerprint density at radius 1 is 0.963 bits per heavy atom. The molecule has 138 valence electrons. The van der Waals surface area contributed by atoms with E-state index in [4.69, 9.17) is 4.42 Å². The highest BCUT2D eigenvalue weighted by atomic mass is 16.4. The van der Waals surface area contributed by atoms with Crippen LogP contribution in [0.25, 0.3) is 5.69 Å². The molecule has 5 rings (SSSR count). The summed E-state index contributed by atoms with van der Waals surface area (Å²) in [5.74, 6) is 2.12. The summed E-state index contributed by atoms with van der Waals surface area (Å²) in [6, 6.07) is 9.56. The molecule has 1 saturated heterocycles. The molecule has 2 fully saturated rings. The lowest BCUT2D eigenvalue weighted by atomic mass is 9.96. The molecule has 2 aromatic heterocycles. The molecule has 0 spiro atoms. The monoisotopic (exact) mass is 364 g/mol. The van der Waals surface area contributed by atoms with E-state index in [0.29, 0.717) is 24.7 Å². The summed E-state index contributed by atoms with van der Waals surface area (Å²) in [5, 5.41) is 16.9. The molecule has 0 unspecified atom stereocenters. The van der Waals surface area contributed by atoms with Gasteiger partial charge in [0.25, 0.3) is 5.91 Å². The molecule has 27 heavy (non-hydrogen) atoms. The number of amides is 1. The summed E-state index contributed by atoms with van der Waals surface area (Å²) in [6.07, 6.45) is 5.48. The number of hydrogen-bond acceptors (Lipinski definition) is 6. The lowest BCUT2D eigenvalue weighted by Gasteiger charge is -2.29. The van der Waals surface area contributed by atoms with Crippen molar-refractivity contribution >= 4 is 5.91 Å². The number of rotatable bonds is 4. The van der Waals surface area contributed by atoms with Gasteiger partial charge >= 0.3 is 0 Å². The van der Waals surface area contributed by atoms with Crippen molar-refractivity contribution in [1.82, 2.24) is 30.1 Å². The molecular weight excluding hydrogens is 344 g/mol. The minimum absolute atomic E-state index is 0.0835. The van der Waals surface area contributed by atoms with Crippen molar-refractivity contribution < 1.29 is 9.21 Å². The van der Waals surface area contributed by atoms with Gasteiger partial charge in [-0.1, -0.05) is 18.2 Å². The van der Waals surface area contributed by atoms with Crippen molar-refractivity contribution in [2.45, 2.75) is 37.5 Å². The Kier molecular flexibility index (Phi) is 3.95. The highest BCUT2D eigenvalue weighted by Crippen LogP contribution is 2.40. The predicted octanol–water partition coefficient (Wildman–Crippen LogP) is 2.55. The van der Waals surface area contributed by atoms with E-state index in [9.17, 15) is 4.79 Å². The van der Waals surface area contributed by atoms with E-state index in [0.717, 1.165) is 43.2 Å². The lowest BCUT2D eigenvalue weighted by Crippen LogP contribution is -2.38. The van der Waals surface area contributed by atoms with Crippen LogP contribution in [-0.2, 0) is 0 Å². The Balaban J connectivity index is 1.23. The van der Waals surface area contributed by atoms with E-state index >= 15 is 0 Å². The summed E-state index contributed by atoms with van der Waals surface area (Å²) in [5.41, 5.74) is 1.20. The normalized spacial score (nSPS) is 18.0. The maximum atomic E-state index is 12.7. The topological polar surface area (TPSA) is 89.9 Å². The third kappa shape index (κ3) is 3.22. The maximum Gasteiger partial charge on any atom is 0.276 e. The van der Waals surface area contributed by atoms with Gasteiger partial charge in [0.05, 0.1) is 11.9 Å². The summed E-state index contributed by atoms with van der Waals surface area (Å²) in [7, 11) is 0. The van der Waals surface area contributed by atoms with Gasteiger partial charge < -0.3 is 9.32 Å². The van der Waals surface area contributed by atoms with E-state index in [2.05, 4.69) is 20.4 Å². The van der Waals surface area contributed by atoms with Gasteiger partial charge in [0.15, 0.2) is 5.69 Å². The molecule has 0 atom stereocenters. The van der Waals surface area contributed by atoms with Gasteiger partial charge in [0.2, 0.25) is 11.8 Å². The van der Waals surface area contributed by atoms with E-state index in [1.165, 1.54) is 11.0 Å². The molecule has 3 aromatic rings. The number of benzene rings is 1. The van der Waals surface area contributed by atoms with E-state index < -0.39 is 0 Å². The molecule has 0 bridgehead atoms. The Bertz CT molecular complexity index is 938. The minimum Gasteiger partial charge on any atom is -0.425 e. The molecule has 8 nitrogen and oxygen atoms in total. The fraction of sp³-hybridized carbons (Fsp3) is 0.421. The van der Waals surface area contributed by atoms with Crippen LogP contribution in [0, 0.1) is 0 Å². The van der Waals surface area contributed by atoms with Crippen molar-refractivity contribution in [1.29, 1.82) is 0 Å². The third-order valence-corrected chi connectivity index (χ3v) is 5.21. The Labute approximate surface area is 156 Å². The summed E-state index contributed by atoms with van der Waals surface area (Å²) >= 11 is 0. The number of nitrogens with zero attached hydrogens (tertiary/aromatic N) is 6. The molecule has 1 saturated carbocycles. The first kappa shape index (κ1) is 16.2. The van der Waals surface area contributed by atoms with Crippen LogP contribution in [-0.4, -0.2) is 49.1 Å². The van der Waals surface area contributed by atoms with Gasteiger partial charge in [-0.25, -0.2) is 0 Å². The number of hydrogen-bond donors (Lipinski definition) is 0. The predicted molar refractivity (Wildman–Crippen MR) is 95.5 cm³/mol. The van der Waals surface area contributed by atoms with Crippen molar-refractivity contribution in [3.8, 4) is 5.69 Å². The fourth-order valence-corrected chi connectivity index (χ4v) is 3.45. The highest BCUT2D eigenvalue weighted by molar-refractivity contribution is 5.92. The second kappa shape index (κ2) is 6.61. The standard InChI is InChI=1S/C19H20N6O2/c26-19(16-12-20-25(23-16)15-4-2-1-3-5-15)24-10-8-14(9-11-24)18-22-21-17(27-18)13-6-7-13/h1-5,12-14H,6-11H2. The van der Waals surface area contributed by atoms with Gasteiger partial charge in [0.1, 0.15) is 0 Å². The van der Waals surface area contributed by atoms with Crippen LogP contribution in [0.3, 0.4) is 0 Å². The molecule has 1 amide bonds. The first-order valence-electron chi connectivity index (χ1n) is 9.38. The van der Waals surface area contributed by atoms with Crippen LogP contribution < -0.4 is 0 Å². The molecule has 0 N–H and O–H groups in total. The van der Waals surface area contributed by atoms with Crippen molar-refractivity contribution in [2.75, 3.05) is 13.1 Å². The molecule has 1 aliphatic heterocycles. The van der Waals surface area contributed by atoms with Crippen LogP contribution in [0.15, 0.2) is 40.9 Å². The zero-order valence-electron chi connectivity index (χ0n) is 14.9. The largest absolute Gasteiger partial charge is 0.425 e. The van der Waals surface area contributed by atoms with Gasteiger partial charge in [-0.05, 0) is 37.8 Å². The molecule has 1 aromatic carbocycles. The highest BCUT2D eigenvalue weighted by Gasteiger charge is 2.32. The second-order valence-corrected chi connectivity index (χ2v) is 7.17.